The lowest BCUT2D eigenvalue weighted by atomic mass is 9.84. The lowest BCUT2D eigenvalue weighted by Gasteiger charge is -2.44. The zero-order valence-corrected chi connectivity index (χ0v) is 17.2. The van der Waals surface area contributed by atoms with E-state index in [1.54, 1.807) is 36.4 Å². The van der Waals surface area contributed by atoms with E-state index in [1.807, 2.05) is 0 Å². The molecule has 0 spiro atoms. The van der Waals surface area contributed by atoms with Crippen LogP contribution in [0.25, 0.3) is 27.6 Å². The van der Waals surface area contributed by atoms with Crippen LogP contribution in [0.2, 0.25) is 0 Å². The molecule has 5 heterocycles. The summed E-state index contributed by atoms with van der Waals surface area (Å²) in [5.74, 6) is -0.0433. The van der Waals surface area contributed by atoms with Crippen molar-refractivity contribution < 1.29 is 9.18 Å². The van der Waals surface area contributed by atoms with Gasteiger partial charge in [-0.3, -0.25) is 14.7 Å². The summed E-state index contributed by atoms with van der Waals surface area (Å²) in [5.41, 5.74) is 1.35. The molecule has 1 unspecified atom stereocenters. The first-order valence-electron chi connectivity index (χ1n) is 10.8. The van der Waals surface area contributed by atoms with Crippen LogP contribution in [0.3, 0.4) is 0 Å². The number of amides is 1. The van der Waals surface area contributed by atoms with E-state index < -0.39 is 11.4 Å². The summed E-state index contributed by atoms with van der Waals surface area (Å²) in [5, 5.41) is 14.3. The summed E-state index contributed by atoms with van der Waals surface area (Å²) < 4.78 is 15.7. The molecule has 32 heavy (non-hydrogen) atoms. The van der Waals surface area contributed by atoms with Gasteiger partial charge >= 0.3 is 0 Å². The number of hydrogen-bond donors (Lipinski definition) is 2. The Hall–Kier alpha value is -3.59. The molecule has 2 N–H and O–H groups in total. The normalized spacial score (nSPS) is 22.5. The first-order valence-corrected chi connectivity index (χ1v) is 10.8. The van der Waals surface area contributed by atoms with E-state index in [0.29, 0.717) is 28.2 Å². The van der Waals surface area contributed by atoms with E-state index >= 15 is 0 Å². The van der Waals surface area contributed by atoms with Gasteiger partial charge in [0.15, 0.2) is 5.52 Å². The highest BCUT2D eigenvalue weighted by Gasteiger charge is 2.34. The molecule has 162 valence electrons. The highest BCUT2D eigenvalue weighted by molar-refractivity contribution is 6.01. The molecule has 2 bridgehead atoms. The fraction of sp³-hybridized carbons (Fsp3) is 0.304. The molecule has 3 aliphatic heterocycles. The maximum absolute atomic E-state index is 14.4. The van der Waals surface area contributed by atoms with Crippen LogP contribution in [0, 0.1) is 11.7 Å². The zero-order chi connectivity index (χ0) is 21.8. The molecular weight excluding hydrogens is 411 g/mol. The van der Waals surface area contributed by atoms with Crippen molar-refractivity contribution in [1.82, 2.24) is 30.2 Å². The number of nitrogens with zero attached hydrogens (tertiary/aromatic N) is 4. The van der Waals surface area contributed by atoms with Crippen LogP contribution in [0.15, 0.2) is 47.3 Å². The van der Waals surface area contributed by atoms with Crippen LogP contribution in [0.1, 0.15) is 23.2 Å². The number of carbonyl (C=O) groups excluding carboxylic acids is 1. The Kier molecular flexibility index (Phi) is 4.32. The molecule has 3 saturated heterocycles. The maximum atomic E-state index is 14.4. The molecule has 4 aromatic rings. The number of benzene rings is 2. The van der Waals surface area contributed by atoms with E-state index in [0.717, 1.165) is 32.5 Å². The molecular formula is C23H21FN6O2. The average molecular weight is 432 g/mol. The Morgan fingerprint density at radius 3 is 2.59 bits per heavy atom. The van der Waals surface area contributed by atoms with Crippen molar-refractivity contribution in [1.29, 1.82) is 0 Å². The van der Waals surface area contributed by atoms with Gasteiger partial charge in [0, 0.05) is 18.2 Å². The largest absolute Gasteiger partial charge is 0.348 e. The molecule has 9 heteroatoms. The molecule has 2 aromatic carbocycles. The Balaban J connectivity index is 1.30. The quantitative estimate of drug-likeness (QED) is 0.518. The first kappa shape index (κ1) is 19.1. The van der Waals surface area contributed by atoms with Gasteiger partial charge in [-0.1, -0.05) is 6.07 Å². The number of aromatic amines is 1. The number of hydrogen-bond acceptors (Lipinski definition) is 5. The van der Waals surface area contributed by atoms with Gasteiger partial charge in [-0.05, 0) is 68.2 Å². The number of nitrogens with one attached hydrogen (secondary N) is 2. The van der Waals surface area contributed by atoms with Gasteiger partial charge in [-0.15, -0.1) is 10.2 Å². The van der Waals surface area contributed by atoms with Crippen LogP contribution in [-0.4, -0.2) is 56.5 Å². The van der Waals surface area contributed by atoms with E-state index in [9.17, 15) is 14.0 Å². The van der Waals surface area contributed by atoms with Gasteiger partial charge < -0.3 is 10.2 Å². The zero-order valence-electron chi connectivity index (χ0n) is 17.2. The molecule has 1 atom stereocenters. The third-order valence-electron chi connectivity index (χ3n) is 6.73. The SMILES string of the molecule is O=C(NC1CN2CCC1CC2)c1ccc(-n2[nH]c3c(nnc4cccc(F)c43)c2=O)cc1. The van der Waals surface area contributed by atoms with Crippen molar-refractivity contribution in [3.8, 4) is 5.69 Å². The average Bonchev–Trinajstić information content (AvgIpc) is 3.16. The van der Waals surface area contributed by atoms with Crippen molar-refractivity contribution in [2.75, 3.05) is 19.6 Å². The molecule has 0 saturated carbocycles. The van der Waals surface area contributed by atoms with Crippen LogP contribution in [0.4, 0.5) is 4.39 Å². The highest BCUT2D eigenvalue weighted by atomic mass is 19.1. The van der Waals surface area contributed by atoms with Crippen molar-refractivity contribution in [3.05, 3.63) is 64.2 Å². The Bertz CT molecular complexity index is 1400. The Labute approximate surface area is 182 Å². The van der Waals surface area contributed by atoms with Crippen LogP contribution in [-0.2, 0) is 0 Å². The predicted molar refractivity (Wildman–Crippen MR) is 117 cm³/mol. The Morgan fingerprint density at radius 2 is 1.88 bits per heavy atom. The minimum Gasteiger partial charge on any atom is -0.348 e. The second kappa shape index (κ2) is 7.23. The fourth-order valence-corrected chi connectivity index (χ4v) is 4.97. The molecule has 7 rings (SSSR count). The minimum absolute atomic E-state index is 0.0618. The predicted octanol–water partition coefficient (Wildman–Crippen LogP) is 2.23. The number of piperidine rings is 3. The van der Waals surface area contributed by atoms with Gasteiger partial charge in [-0.25, -0.2) is 9.07 Å². The van der Waals surface area contributed by atoms with Crippen molar-refractivity contribution in [3.63, 3.8) is 0 Å². The lowest BCUT2D eigenvalue weighted by Crippen LogP contribution is -2.57. The lowest BCUT2D eigenvalue weighted by molar-refractivity contribution is 0.0620. The van der Waals surface area contributed by atoms with E-state index in [2.05, 4.69) is 25.5 Å². The van der Waals surface area contributed by atoms with E-state index in [-0.39, 0.29) is 22.9 Å². The third kappa shape index (κ3) is 3.00. The van der Waals surface area contributed by atoms with Gasteiger partial charge in [0.05, 0.1) is 16.6 Å². The van der Waals surface area contributed by atoms with Crippen molar-refractivity contribution in [2.24, 2.45) is 5.92 Å². The number of H-pyrrole nitrogens is 1. The molecule has 3 fully saturated rings. The summed E-state index contributed by atoms with van der Waals surface area (Å²) >= 11 is 0. The van der Waals surface area contributed by atoms with E-state index in [4.69, 9.17) is 0 Å². The Morgan fingerprint density at radius 1 is 1.09 bits per heavy atom. The standard InChI is InChI=1S/C23H21FN6O2/c24-16-2-1-3-17-19(16)20-21(27-26-17)23(32)30(28-20)15-6-4-14(5-7-15)22(31)25-18-12-29-10-8-13(18)9-11-29/h1-7,13,18,28H,8-12H2,(H,25,31). The van der Waals surface area contributed by atoms with Gasteiger partial charge in [0.25, 0.3) is 11.5 Å². The molecule has 3 aliphatic rings. The topological polar surface area (TPSA) is 95.9 Å². The van der Waals surface area contributed by atoms with Gasteiger partial charge in [-0.2, -0.15) is 0 Å². The number of halogens is 1. The minimum atomic E-state index is -0.476. The second-order valence-corrected chi connectivity index (χ2v) is 8.57. The number of carbonyl (C=O) groups is 1. The smallest absolute Gasteiger partial charge is 0.299 e. The first-order chi connectivity index (χ1) is 15.6. The summed E-state index contributed by atoms with van der Waals surface area (Å²) in [6.07, 6.45) is 2.26. The number of fused-ring (bicyclic) bond motifs is 6. The van der Waals surface area contributed by atoms with Crippen molar-refractivity contribution >= 4 is 27.8 Å². The van der Waals surface area contributed by atoms with Crippen LogP contribution in [0.5, 0.6) is 0 Å². The summed E-state index contributed by atoms with van der Waals surface area (Å²) in [7, 11) is 0. The molecule has 8 nitrogen and oxygen atoms in total. The maximum Gasteiger partial charge on any atom is 0.299 e. The summed E-state index contributed by atoms with van der Waals surface area (Å²) in [6, 6.07) is 11.4. The van der Waals surface area contributed by atoms with Crippen LogP contribution < -0.4 is 10.9 Å². The number of rotatable bonds is 3. The van der Waals surface area contributed by atoms with Gasteiger partial charge in [0.2, 0.25) is 0 Å². The highest BCUT2D eigenvalue weighted by Crippen LogP contribution is 2.28. The third-order valence-corrected chi connectivity index (χ3v) is 6.73. The number of aromatic nitrogens is 4. The van der Waals surface area contributed by atoms with Gasteiger partial charge in [0.1, 0.15) is 11.3 Å². The molecule has 0 radical (unpaired) electrons. The summed E-state index contributed by atoms with van der Waals surface area (Å²) in [4.78, 5) is 28.0. The fourth-order valence-electron chi connectivity index (χ4n) is 4.97. The molecule has 1 amide bonds. The van der Waals surface area contributed by atoms with Crippen molar-refractivity contribution in [2.45, 2.75) is 18.9 Å². The summed E-state index contributed by atoms with van der Waals surface area (Å²) in [6.45, 7) is 3.15. The second-order valence-electron chi connectivity index (χ2n) is 8.57. The van der Waals surface area contributed by atoms with Crippen LogP contribution >= 0.6 is 0 Å². The molecule has 2 aromatic heterocycles. The monoisotopic (exact) mass is 432 g/mol. The van der Waals surface area contributed by atoms with E-state index in [1.165, 1.54) is 10.7 Å². The molecule has 0 aliphatic carbocycles.